The highest BCUT2D eigenvalue weighted by Gasteiger charge is 2.29. The first-order chi connectivity index (χ1) is 8.48. The fraction of sp³-hybridized carbons (Fsp3) is 0.250. The molecule has 18 heavy (non-hydrogen) atoms. The predicted octanol–water partition coefficient (Wildman–Crippen LogP) is 3.13. The van der Waals surface area contributed by atoms with Gasteiger partial charge in [-0.15, -0.1) is 0 Å². The van der Waals surface area contributed by atoms with Crippen molar-refractivity contribution in [1.82, 2.24) is 9.88 Å². The summed E-state index contributed by atoms with van der Waals surface area (Å²) in [7, 11) is 0. The summed E-state index contributed by atoms with van der Waals surface area (Å²) in [6, 6.07) is 10.0. The van der Waals surface area contributed by atoms with Crippen molar-refractivity contribution in [1.29, 1.82) is 0 Å². The third-order valence-electron chi connectivity index (χ3n) is 2.58. The lowest BCUT2D eigenvalue weighted by Crippen LogP contribution is -2.36. The van der Waals surface area contributed by atoms with Crippen LogP contribution in [0.5, 0.6) is 0 Å². The SMILES string of the molecule is O=C(NCCn1ccc2ccccc21)C(Cl)(Cl)Cl. The fourth-order valence-corrected chi connectivity index (χ4v) is 1.93. The van der Waals surface area contributed by atoms with Crippen molar-refractivity contribution in [3.8, 4) is 0 Å². The Morgan fingerprint density at radius 2 is 1.94 bits per heavy atom. The zero-order chi connectivity index (χ0) is 13.2. The first kappa shape index (κ1) is 13.5. The summed E-state index contributed by atoms with van der Waals surface area (Å²) < 4.78 is 0.132. The van der Waals surface area contributed by atoms with Crippen molar-refractivity contribution < 1.29 is 4.79 Å². The quantitative estimate of drug-likeness (QED) is 0.869. The molecule has 0 fully saturated rings. The lowest BCUT2D eigenvalue weighted by molar-refractivity contribution is -0.120. The van der Waals surface area contributed by atoms with Crippen LogP contribution in [0.2, 0.25) is 0 Å². The standard InChI is InChI=1S/C12H11Cl3N2O/c13-12(14,15)11(18)16-6-8-17-7-5-9-3-1-2-4-10(9)17/h1-5,7H,6,8H2,(H,16,18). The molecule has 1 aromatic carbocycles. The number of alkyl halides is 3. The van der Waals surface area contributed by atoms with Gasteiger partial charge >= 0.3 is 0 Å². The molecule has 0 aliphatic heterocycles. The molecule has 1 amide bonds. The third kappa shape index (κ3) is 3.10. The lowest BCUT2D eigenvalue weighted by Gasteiger charge is -2.12. The summed E-state index contributed by atoms with van der Waals surface area (Å²) in [5, 5.41) is 3.73. The maximum atomic E-state index is 11.3. The maximum Gasteiger partial charge on any atom is 0.272 e. The van der Waals surface area contributed by atoms with Crippen LogP contribution in [-0.2, 0) is 11.3 Å². The van der Waals surface area contributed by atoms with Crippen molar-refractivity contribution in [3.63, 3.8) is 0 Å². The van der Waals surface area contributed by atoms with E-state index >= 15 is 0 Å². The maximum absolute atomic E-state index is 11.3. The van der Waals surface area contributed by atoms with E-state index in [1.807, 2.05) is 41.1 Å². The highest BCUT2D eigenvalue weighted by atomic mass is 35.6. The van der Waals surface area contributed by atoms with Crippen LogP contribution in [0.1, 0.15) is 0 Å². The summed E-state index contributed by atoms with van der Waals surface area (Å²) in [6.07, 6.45) is 1.96. The molecule has 0 saturated heterocycles. The Balaban J connectivity index is 1.97. The zero-order valence-electron chi connectivity index (χ0n) is 9.37. The Morgan fingerprint density at radius 1 is 1.22 bits per heavy atom. The Kier molecular flexibility index (Phi) is 4.05. The Hall–Kier alpha value is -0.900. The predicted molar refractivity (Wildman–Crippen MR) is 75.2 cm³/mol. The van der Waals surface area contributed by atoms with Crippen molar-refractivity contribution in [2.45, 2.75) is 10.3 Å². The molecule has 6 heteroatoms. The summed E-state index contributed by atoms with van der Waals surface area (Å²) in [4.78, 5) is 11.3. The second-order valence-corrected chi connectivity index (χ2v) is 6.10. The van der Waals surface area contributed by atoms with Crippen LogP contribution in [0.25, 0.3) is 10.9 Å². The summed E-state index contributed by atoms with van der Waals surface area (Å²) in [6.45, 7) is 1.03. The Labute approximate surface area is 120 Å². The molecule has 1 N–H and O–H groups in total. The van der Waals surface area contributed by atoms with Crippen LogP contribution >= 0.6 is 34.8 Å². The van der Waals surface area contributed by atoms with Gasteiger partial charge in [0.15, 0.2) is 0 Å². The average molecular weight is 306 g/mol. The van der Waals surface area contributed by atoms with E-state index in [0.29, 0.717) is 13.1 Å². The molecule has 0 unspecified atom stereocenters. The minimum absolute atomic E-state index is 0.408. The van der Waals surface area contributed by atoms with Crippen LogP contribution in [0.15, 0.2) is 36.5 Å². The number of amides is 1. The van der Waals surface area contributed by atoms with E-state index in [4.69, 9.17) is 34.8 Å². The molecular weight excluding hydrogens is 295 g/mol. The first-order valence-electron chi connectivity index (χ1n) is 5.37. The normalized spacial score (nSPS) is 11.7. The number of para-hydroxylation sites is 1. The fourth-order valence-electron chi connectivity index (χ4n) is 1.73. The molecule has 0 saturated carbocycles. The smallest absolute Gasteiger partial charge is 0.272 e. The minimum Gasteiger partial charge on any atom is -0.351 e. The summed E-state index contributed by atoms with van der Waals surface area (Å²) in [5.74, 6) is -0.607. The lowest BCUT2D eigenvalue weighted by atomic mass is 10.2. The van der Waals surface area contributed by atoms with E-state index in [1.165, 1.54) is 0 Å². The van der Waals surface area contributed by atoms with E-state index < -0.39 is 9.70 Å². The van der Waals surface area contributed by atoms with Crippen molar-refractivity contribution in [3.05, 3.63) is 36.5 Å². The zero-order valence-corrected chi connectivity index (χ0v) is 11.6. The molecule has 0 aliphatic rings. The second kappa shape index (κ2) is 5.39. The van der Waals surface area contributed by atoms with Gasteiger partial charge in [0.2, 0.25) is 0 Å². The van der Waals surface area contributed by atoms with Gasteiger partial charge in [0.25, 0.3) is 9.70 Å². The summed E-state index contributed by atoms with van der Waals surface area (Å²) in [5.41, 5.74) is 1.11. The highest BCUT2D eigenvalue weighted by Crippen LogP contribution is 2.25. The van der Waals surface area contributed by atoms with Gasteiger partial charge in [0.1, 0.15) is 0 Å². The van der Waals surface area contributed by atoms with Gasteiger partial charge in [-0.05, 0) is 17.5 Å². The number of fused-ring (bicyclic) bond motifs is 1. The molecule has 0 spiro atoms. The third-order valence-corrected chi connectivity index (χ3v) is 3.09. The Morgan fingerprint density at radius 3 is 2.67 bits per heavy atom. The first-order valence-corrected chi connectivity index (χ1v) is 6.51. The molecule has 3 nitrogen and oxygen atoms in total. The number of benzene rings is 1. The molecule has 2 rings (SSSR count). The number of aromatic nitrogens is 1. The van der Waals surface area contributed by atoms with Crippen LogP contribution in [-0.4, -0.2) is 20.8 Å². The average Bonchev–Trinajstić information content (AvgIpc) is 2.71. The number of carbonyl (C=O) groups excluding carboxylic acids is 1. The van der Waals surface area contributed by atoms with E-state index in [-0.39, 0.29) is 0 Å². The van der Waals surface area contributed by atoms with E-state index in [9.17, 15) is 4.79 Å². The van der Waals surface area contributed by atoms with Crippen LogP contribution < -0.4 is 5.32 Å². The van der Waals surface area contributed by atoms with Gasteiger partial charge in [0.05, 0.1) is 0 Å². The van der Waals surface area contributed by atoms with Crippen molar-refractivity contribution in [2.75, 3.05) is 6.54 Å². The molecule has 0 radical (unpaired) electrons. The molecular formula is C12H11Cl3N2O. The molecule has 1 aromatic heterocycles. The molecule has 0 aliphatic carbocycles. The molecule has 1 heterocycles. The van der Waals surface area contributed by atoms with Gasteiger partial charge in [-0.3, -0.25) is 4.79 Å². The van der Waals surface area contributed by atoms with Gasteiger partial charge in [-0.25, -0.2) is 0 Å². The van der Waals surface area contributed by atoms with Crippen LogP contribution in [0.4, 0.5) is 0 Å². The van der Waals surface area contributed by atoms with Gasteiger partial charge in [-0.2, -0.15) is 0 Å². The van der Waals surface area contributed by atoms with Crippen LogP contribution in [0.3, 0.4) is 0 Å². The number of hydrogen-bond acceptors (Lipinski definition) is 1. The largest absolute Gasteiger partial charge is 0.351 e. The van der Waals surface area contributed by atoms with Gasteiger partial charge in [0, 0.05) is 24.8 Å². The minimum atomic E-state index is -1.90. The monoisotopic (exact) mass is 304 g/mol. The number of hydrogen-bond donors (Lipinski definition) is 1. The number of nitrogens with zero attached hydrogens (tertiary/aromatic N) is 1. The number of rotatable bonds is 3. The van der Waals surface area contributed by atoms with Gasteiger partial charge < -0.3 is 9.88 Å². The molecule has 2 aromatic rings. The molecule has 0 bridgehead atoms. The number of halogens is 3. The molecule has 96 valence electrons. The number of nitrogens with one attached hydrogen (secondary N) is 1. The molecule has 0 atom stereocenters. The van der Waals surface area contributed by atoms with Crippen molar-refractivity contribution >= 4 is 51.6 Å². The second-order valence-electron chi connectivity index (χ2n) is 3.82. The van der Waals surface area contributed by atoms with E-state index in [1.54, 1.807) is 0 Å². The number of carbonyl (C=O) groups is 1. The van der Waals surface area contributed by atoms with Gasteiger partial charge in [-0.1, -0.05) is 53.0 Å². The topological polar surface area (TPSA) is 34.0 Å². The van der Waals surface area contributed by atoms with E-state index in [2.05, 4.69) is 5.32 Å². The van der Waals surface area contributed by atoms with Crippen LogP contribution in [0, 0.1) is 0 Å². The summed E-state index contributed by atoms with van der Waals surface area (Å²) >= 11 is 16.4. The Bertz CT molecular complexity index is 560. The highest BCUT2D eigenvalue weighted by molar-refractivity contribution is 6.76. The van der Waals surface area contributed by atoms with E-state index in [0.717, 1.165) is 10.9 Å². The van der Waals surface area contributed by atoms with Crippen molar-refractivity contribution in [2.24, 2.45) is 0 Å².